The Labute approximate surface area is 124 Å². The molecular weight excluding hydrogens is 270 g/mol. The van der Waals surface area contributed by atoms with E-state index in [0.29, 0.717) is 12.8 Å². The number of aliphatic carboxylic acids is 1. The van der Waals surface area contributed by atoms with E-state index in [1.807, 2.05) is 30.3 Å². The fourth-order valence-corrected chi connectivity index (χ4v) is 1.91. The normalized spacial score (nSPS) is 10.1. The lowest BCUT2D eigenvalue weighted by atomic mass is 10.1. The lowest BCUT2D eigenvalue weighted by Crippen LogP contribution is -2.31. The van der Waals surface area contributed by atoms with Crippen LogP contribution in [0.5, 0.6) is 0 Å². The molecule has 0 atom stereocenters. The molecule has 0 fully saturated rings. The van der Waals surface area contributed by atoms with E-state index in [1.54, 1.807) is 0 Å². The first-order valence-corrected chi connectivity index (χ1v) is 7.16. The van der Waals surface area contributed by atoms with Crippen molar-refractivity contribution in [2.24, 2.45) is 0 Å². The largest absolute Gasteiger partial charge is 0.481 e. The maximum absolute atomic E-state index is 11.6. The Morgan fingerprint density at radius 2 is 1.67 bits per heavy atom. The summed E-state index contributed by atoms with van der Waals surface area (Å²) in [7, 11) is 0. The first kappa shape index (κ1) is 16.9. The number of nitrogens with one attached hydrogen (secondary N) is 1. The van der Waals surface area contributed by atoms with Crippen LogP contribution in [0.25, 0.3) is 0 Å². The van der Waals surface area contributed by atoms with Crippen molar-refractivity contribution < 1.29 is 19.5 Å². The summed E-state index contributed by atoms with van der Waals surface area (Å²) in [5.74, 6) is -1.95. The van der Waals surface area contributed by atoms with E-state index in [2.05, 4.69) is 5.32 Å². The molecule has 0 aliphatic carbocycles. The van der Waals surface area contributed by atoms with Gasteiger partial charge in [-0.2, -0.15) is 0 Å². The molecular formula is C16H21NO4. The van der Waals surface area contributed by atoms with Gasteiger partial charge in [0.25, 0.3) is 5.91 Å². The Bertz CT molecular complexity index is 470. The van der Waals surface area contributed by atoms with Crippen LogP contribution in [0.15, 0.2) is 30.3 Å². The van der Waals surface area contributed by atoms with Crippen molar-refractivity contribution in [3.05, 3.63) is 35.9 Å². The molecule has 21 heavy (non-hydrogen) atoms. The van der Waals surface area contributed by atoms with Gasteiger partial charge in [-0.05, 0) is 31.2 Å². The summed E-state index contributed by atoms with van der Waals surface area (Å²) in [5.41, 5.74) is 1.23. The molecule has 5 nitrogen and oxygen atoms in total. The third-order valence-electron chi connectivity index (χ3n) is 3.07. The smallest absolute Gasteiger partial charge is 0.303 e. The second-order valence-corrected chi connectivity index (χ2v) is 4.87. The van der Waals surface area contributed by atoms with Crippen LogP contribution in [-0.2, 0) is 20.8 Å². The van der Waals surface area contributed by atoms with Crippen LogP contribution in [0, 0.1) is 0 Å². The maximum atomic E-state index is 11.6. The molecule has 2 N–H and O–H groups in total. The average molecular weight is 291 g/mol. The summed E-state index contributed by atoms with van der Waals surface area (Å²) >= 11 is 0. The Hall–Kier alpha value is -2.17. The molecule has 114 valence electrons. The van der Waals surface area contributed by atoms with Crippen LogP contribution in [0.1, 0.15) is 37.7 Å². The zero-order valence-electron chi connectivity index (χ0n) is 12.0. The van der Waals surface area contributed by atoms with Gasteiger partial charge in [-0.15, -0.1) is 0 Å². The lowest BCUT2D eigenvalue weighted by Gasteiger charge is -2.04. The number of ketones is 1. The molecule has 0 spiro atoms. The molecule has 5 heteroatoms. The average Bonchev–Trinajstić information content (AvgIpc) is 2.48. The van der Waals surface area contributed by atoms with E-state index in [0.717, 1.165) is 12.8 Å². The Balaban J connectivity index is 2.09. The summed E-state index contributed by atoms with van der Waals surface area (Å²) < 4.78 is 0. The van der Waals surface area contributed by atoms with Crippen molar-refractivity contribution in [1.29, 1.82) is 0 Å². The Morgan fingerprint density at radius 1 is 0.952 bits per heavy atom. The van der Waals surface area contributed by atoms with Gasteiger partial charge in [0, 0.05) is 19.4 Å². The second-order valence-electron chi connectivity index (χ2n) is 4.87. The Morgan fingerprint density at radius 3 is 2.33 bits per heavy atom. The minimum absolute atomic E-state index is 0.00839. The number of amides is 1. The summed E-state index contributed by atoms with van der Waals surface area (Å²) in [5, 5.41) is 10.9. The van der Waals surface area contributed by atoms with Crippen molar-refractivity contribution >= 4 is 17.7 Å². The number of unbranched alkanes of at least 4 members (excludes halogenated alkanes) is 1. The number of benzene rings is 1. The van der Waals surface area contributed by atoms with E-state index >= 15 is 0 Å². The summed E-state index contributed by atoms with van der Waals surface area (Å²) in [6, 6.07) is 9.99. The van der Waals surface area contributed by atoms with Crippen LogP contribution in [-0.4, -0.2) is 29.3 Å². The fourth-order valence-electron chi connectivity index (χ4n) is 1.91. The van der Waals surface area contributed by atoms with Gasteiger partial charge < -0.3 is 10.4 Å². The van der Waals surface area contributed by atoms with E-state index in [9.17, 15) is 14.4 Å². The molecule has 0 saturated heterocycles. The third kappa shape index (κ3) is 7.87. The van der Waals surface area contributed by atoms with Crippen LogP contribution in [0.2, 0.25) is 0 Å². The standard InChI is InChI=1S/C16H21NO4/c18-14(16(21)17-12-6-11-15(19)20)10-5-4-9-13-7-2-1-3-8-13/h1-3,7-8H,4-6,9-12H2,(H,17,21)(H,19,20). The highest BCUT2D eigenvalue weighted by atomic mass is 16.4. The minimum atomic E-state index is -0.906. The predicted molar refractivity (Wildman–Crippen MR) is 78.9 cm³/mol. The van der Waals surface area contributed by atoms with Gasteiger partial charge in [0.15, 0.2) is 0 Å². The van der Waals surface area contributed by atoms with Crippen LogP contribution < -0.4 is 5.32 Å². The highest BCUT2D eigenvalue weighted by Crippen LogP contribution is 2.06. The molecule has 0 unspecified atom stereocenters. The third-order valence-corrected chi connectivity index (χ3v) is 3.07. The number of hydrogen-bond acceptors (Lipinski definition) is 3. The molecule has 0 saturated carbocycles. The monoisotopic (exact) mass is 291 g/mol. The zero-order valence-corrected chi connectivity index (χ0v) is 12.0. The number of carboxylic acids is 1. The van der Waals surface area contributed by atoms with Crippen molar-refractivity contribution in [3.63, 3.8) is 0 Å². The lowest BCUT2D eigenvalue weighted by molar-refractivity contribution is -0.138. The molecule has 1 rings (SSSR count). The van der Waals surface area contributed by atoms with Gasteiger partial charge in [-0.25, -0.2) is 0 Å². The van der Waals surface area contributed by atoms with Gasteiger partial charge in [0.05, 0.1) is 0 Å². The first-order chi connectivity index (χ1) is 10.1. The number of Topliss-reactive ketones (excluding diaryl/α,β-unsaturated/α-hetero) is 1. The summed E-state index contributed by atoms with van der Waals surface area (Å²) in [4.78, 5) is 33.3. The number of carboxylic acid groups (broad SMARTS) is 1. The van der Waals surface area contributed by atoms with Crippen LogP contribution in [0.4, 0.5) is 0 Å². The van der Waals surface area contributed by atoms with Gasteiger partial charge in [-0.1, -0.05) is 30.3 Å². The highest BCUT2D eigenvalue weighted by molar-refractivity contribution is 6.36. The Kier molecular flexibility index (Phi) is 7.79. The molecule has 0 heterocycles. The van der Waals surface area contributed by atoms with Gasteiger partial charge in [-0.3, -0.25) is 14.4 Å². The van der Waals surface area contributed by atoms with Crippen LogP contribution in [0.3, 0.4) is 0 Å². The molecule has 0 radical (unpaired) electrons. The van der Waals surface area contributed by atoms with Crippen molar-refractivity contribution in [1.82, 2.24) is 5.32 Å². The molecule has 0 aliphatic heterocycles. The highest BCUT2D eigenvalue weighted by Gasteiger charge is 2.12. The number of hydrogen-bond donors (Lipinski definition) is 2. The van der Waals surface area contributed by atoms with Crippen molar-refractivity contribution in [2.75, 3.05) is 6.54 Å². The molecule has 1 aromatic carbocycles. The minimum Gasteiger partial charge on any atom is -0.481 e. The summed E-state index contributed by atoms with van der Waals surface area (Å²) in [6.07, 6.45) is 3.00. The molecule has 1 aromatic rings. The van der Waals surface area contributed by atoms with Crippen LogP contribution >= 0.6 is 0 Å². The molecule has 0 aliphatic rings. The molecule has 1 amide bonds. The van der Waals surface area contributed by atoms with E-state index in [-0.39, 0.29) is 19.4 Å². The number of carbonyl (C=O) groups excluding carboxylic acids is 2. The van der Waals surface area contributed by atoms with Gasteiger partial charge in [0.2, 0.25) is 5.78 Å². The quantitative estimate of drug-likeness (QED) is 0.510. The van der Waals surface area contributed by atoms with Gasteiger partial charge in [0.1, 0.15) is 0 Å². The second kappa shape index (κ2) is 9.69. The first-order valence-electron chi connectivity index (χ1n) is 7.16. The topological polar surface area (TPSA) is 83.5 Å². The van der Waals surface area contributed by atoms with Crippen molar-refractivity contribution in [3.8, 4) is 0 Å². The van der Waals surface area contributed by atoms with E-state index in [1.165, 1.54) is 5.56 Å². The fraction of sp³-hybridized carbons (Fsp3) is 0.438. The predicted octanol–water partition coefficient (Wildman–Crippen LogP) is 1.95. The molecule has 0 bridgehead atoms. The van der Waals surface area contributed by atoms with E-state index in [4.69, 9.17) is 5.11 Å². The maximum Gasteiger partial charge on any atom is 0.303 e. The number of carbonyl (C=O) groups is 3. The zero-order chi connectivity index (χ0) is 15.5. The molecule has 0 aromatic heterocycles. The SMILES string of the molecule is O=C(O)CCCNC(=O)C(=O)CCCCc1ccccc1. The number of aryl methyl sites for hydroxylation is 1. The van der Waals surface area contributed by atoms with Crippen molar-refractivity contribution in [2.45, 2.75) is 38.5 Å². The number of rotatable bonds is 10. The van der Waals surface area contributed by atoms with E-state index < -0.39 is 17.7 Å². The summed E-state index contributed by atoms with van der Waals surface area (Å²) in [6.45, 7) is 0.223. The van der Waals surface area contributed by atoms with Gasteiger partial charge >= 0.3 is 5.97 Å².